The number of rotatable bonds is 4. The third kappa shape index (κ3) is 3.67. The summed E-state index contributed by atoms with van der Waals surface area (Å²) in [5.41, 5.74) is -2.37. The van der Waals surface area contributed by atoms with Crippen molar-refractivity contribution in [2.75, 3.05) is 19.8 Å². The molecule has 8 heteroatoms. The summed E-state index contributed by atoms with van der Waals surface area (Å²) in [4.78, 5) is 45.4. The SMILES string of the molecule is CC(C)[C@H](CO)N1C(=O)[C@@H]2[C@H]3C(=O)OCCC=C[C@@]3(C)O[C@@]23C=CCN(C2CCCCC2)C(=O)C13. The smallest absolute Gasteiger partial charge is 0.313 e. The molecule has 5 rings (SSSR count). The van der Waals surface area contributed by atoms with Crippen molar-refractivity contribution in [3.63, 3.8) is 0 Å². The lowest BCUT2D eigenvalue weighted by atomic mass is 9.74. The molecule has 1 unspecified atom stereocenters. The van der Waals surface area contributed by atoms with E-state index in [1.807, 2.05) is 50.0 Å². The minimum Gasteiger partial charge on any atom is -0.465 e. The van der Waals surface area contributed by atoms with E-state index in [0.717, 1.165) is 25.7 Å². The van der Waals surface area contributed by atoms with E-state index in [9.17, 15) is 19.5 Å². The van der Waals surface area contributed by atoms with Gasteiger partial charge in [-0.15, -0.1) is 0 Å². The monoisotopic (exact) mass is 486 g/mol. The number of aliphatic hydroxyl groups excluding tert-OH is 1. The molecular formula is C27H38N2O6. The number of hydrogen-bond donors (Lipinski definition) is 1. The van der Waals surface area contributed by atoms with Gasteiger partial charge in [0.2, 0.25) is 11.8 Å². The number of hydrogen-bond acceptors (Lipinski definition) is 6. The van der Waals surface area contributed by atoms with Crippen molar-refractivity contribution in [1.82, 2.24) is 9.80 Å². The highest BCUT2D eigenvalue weighted by atomic mass is 16.6. The number of carbonyl (C=O) groups excluding carboxylic acids is 3. The van der Waals surface area contributed by atoms with Crippen LogP contribution >= 0.6 is 0 Å². The van der Waals surface area contributed by atoms with Crippen LogP contribution in [0.1, 0.15) is 59.3 Å². The molecule has 0 aromatic heterocycles. The maximum atomic E-state index is 14.4. The van der Waals surface area contributed by atoms with E-state index >= 15 is 0 Å². The molecule has 0 aromatic carbocycles. The first-order valence-electron chi connectivity index (χ1n) is 13.2. The Hall–Kier alpha value is -2.19. The first kappa shape index (κ1) is 24.5. The molecule has 4 heterocycles. The van der Waals surface area contributed by atoms with E-state index in [0.29, 0.717) is 13.0 Å². The highest BCUT2D eigenvalue weighted by Gasteiger charge is 2.75. The lowest BCUT2D eigenvalue weighted by Gasteiger charge is -2.43. The van der Waals surface area contributed by atoms with Gasteiger partial charge in [0.15, 0.2) is 0 Å². The van der Waals surface area contributed by atoms with Crippen molar-refractivity contribution in [1.29, 1.82) is 0 Å². The molecule has 6 atom stereocenters. The van der Waals surface area contributed by atoms with Gasteiger partial charge < -0.3 is 24.4 Å². The molecule has 192 valence electrons. The van der Waals surface area contributed by atoms with Crippen LogP contribution in [-0.4, -0.2) is 81.8 Å². The van der Waals surface area contributed by atoms with E-state index in [1.54, 1.807) is 4.90 Å². The van der Waals surface area contributed by atoms with Gasteiger partial charge in [0.25, 0.3) is 0 Å². The summed E-state index contributed by atoms with van der Waals surface area (Å²) >= 11 is 0. The molecular weight excluding hydrogens is 448 g/mol. The Morgan fingerprint density at radius 2 is 1.80 bits per heavy atom. The number of ether oxygens (including phenoxy) is 2. The van der Waals surface area contributed by atoms with Crippen LogP contribution in [0.3, 0.4) is 0 Å². The van der Waals surface area contributed by atoms with Gasteiger partial charge in [-0.1, -0.05) is 57.4 Å². The van der Waals surface area contributed by atoms with Crippen LogP contribution < -0.4 is 0 Å². The standard InChI is InChI=1S/C27H38N2O6/c1-17(2)19(16-30)29-22-24(32)28(18-10-5-4-6-11-18)14-9-13-27(22)20(23(29)31)21-25(33)34-15-8-7-12-26(21,3)35-27/h7,9,12-13,17-22,30H,4-6,8,10-11,14-16H2,1-3H3/t19-,20-,21-,22?,26+,27-/m0/s1. The highest BCUT2D eigenvalue weighted by molar-refractivity contribution is 5.99. The van der Waals surface area contributed by atoms with E-state index in [1.165, 1.54) is 6.42 Å². The summed E-state index contributed by atoms with van der Waals surface area (Å²) in [5.74, 6) is -2.78. The Kier molecular flexibility index (Phi) is 6.33. The Morgan fingerprint density at radius 1 is 1.06 bits per heavy atom. The number of esters is 1. The second-order valence-corrected chi connectivity index (χ2v) is 11.3. The van der Waals surface area contributed by atoms with Crippen LogP contribution in [0.15, 0.2) is 24.3 Å². The topological polar surface area (TPSA) is 96.4 Å². The fourth-order valence-electron chi connectivity index (χ4n) is 7.14. The third-order valence-electron chi connectivity index (χ3n) is 8.82. The number of carbonyl (C=O) groups is 3. The maximum absolute atomic E-state index is 14.4. The number of nitrogens with zero attached hydrogens (tertiary/aromatic N) is 2. The van der Waals surface area contributed by atoms with Crippen molar-refractivity contribution >= 4 is 17.8 Å². The normalized spacial score (nSPS) is 38.5. The summed E-state index contributed by atoms with van der Waals surface area (Å²) in [6.45, 7) is 6.11. The van der Waals surface area contributed by atoms with E-state index in [4.69, 9.17) is 9.47 Å². The third-order valence-corrected chi connectivity index (χ3v) is 8.82. The van der Waals surface area contributed by atoms with E-state index in [-0.39, 0.29) is 37.0 Å². The molecule has 2 amide bonds. The first-order chi connectivity index (χ1) is 16.7. The van der Waals surface area contributed by atoms with E-state index in [2.05, 4.69) is 0 Å². The molecule has 8 nitrogen and oxygen atoms in total. The van der Waals surface area contributed by atoms with Crippen molar-refractivity contribution in [3.8, 4) is 0 Å². The Labute approximate surface area is 207 Å². The zero-order valence-corrected chi connectivity index (χ0v) is 21.0. The van der Waals surface area contributed by atoms with Gasteiger partial charge >= 0.3 is 5.97 Å². The lowest BCUT2D eigenvalue weighted by Crippen LogP contribution is -2.60. The van der Waals surface area contributed by atoms with Crippen molar-refractivity contribution in [3.05, 3.63) is 24.3 Å². The summed E-state index contributed by atoms with van der Waals surface area (Å²) in [6, 6.07) is -1.38. The van der Waals surface area contributed by atoms with Gasteiger partial charge in [0.1, 0.15) is 17.6 Å². The average molecular weight is 487 g/mol. The molecule has 0 radical (unpaired) electrons. The second-order valence-electron chi connectivity index (χ2n) is 11.3. The molecule has 1 spiro atoms. The molecule has 0 aromatic rings. The Morgan fingerprint density at radius 3 is 2.49 bits per heavy atom. The van der Waals surface area contributed by atoms with Crippen LogP contribution in [0.4, 0.5) is 0 Å². The molecule has 1 saturated carbocycles. The van der Waals surface area contributed by atoms with Gasteiger partial charge in [-0.25, -0.2) is 0 Å². The largest absolute Gasteiger partial charge is 0.465 e. The van der Waals surface area contributed by atoms with Crippen molar-refractivity contribution in [2.45, 2.75) is 88.6 Å². The lowest BCUT2D eigenvalue weighted by molar-refractivity contribution is -0.163. The zero-order valence-electron chi connectivity index (χ0n) is 21.0. The first-order valence-corrected chi connectivity index (χ1v) is 13.2. The predicted molar refractivity (Wildman–Crippen MR) is 128 cm³/mol. The number of likely N-dealkylation sites (tertiary alicyclic amines) is 1. The molecule has 3 fully saturated rings. The number of fused-ring (bicyclic) bond motifs is 2. The fourth-order valence-corrected chi connectivity index (χ4v) is 7.14. The molecule has 2 saturated heterocycles. The van der Waals surface area contributed by atoms with Crippen molar-refractivity contribution < 1.29 is 29.0 Å². The second kappa shape index (κ2) is 9.04. The molecule has 1 N–H and O–H groups in total. The summed E-state index contributed by atoms with van der Waals surface area (Å²) in [6.07, 6.45) is 13.4. The maximum Gasteiger partial charge on any atom is 0.313 e. The Bertz CT molecular complexity index is 940. The quantitative estimate of drug-likeness (QED) is 0.484. The molecule has 5 aliphatic rings. The van der Waals surface area contributed by atoms with Gasteiger partial charge in [0.05, 0.1) is 30.8 Å². The van der Waals surface area contributed by atoms with Gasteiger partial charge in [-0.2, -0.15) is 0 Å². The van der Waals surface area contributed by atoms with Crippen LogP contribution in [-0.2, 0) is 23.9 Å². The number of aliphatic hydroxyl groups is 1. The van der Waals surface area contributed by atoms with Crippen LogP contribution in [0.5, 0.6) is 0 Å². The molecule has 35 heavy (non-hydrogen) atoms. The molecule has 1 aliphatic carbocycles. The minimum atomic E-state index is -1.30. The summed E-state index contributed by atoms with van der Waals surface area (Å²) < 4.78 is 12.3. The van der Waals surface area contributed by atoms with Crippen LogP contribution in [0.25, 0.3) is 0 Å². The zero-order chi connectivity index (χ0) is 25.0. The van der Waals surface area contributed by atoms with E-state index < -0.39 is 41.1 Å². The van der Waals surface area contributed by atoms with Crippen LogP contribution in [0.2, 0.25) is 0 Å². The van der Waals surface area contributed by atoms with Crippen LogP contribution in [0, 0.1) is 17.8 Å². The Balaban J connectivity index is 1.65. The number of amides is 2. The van der Waals surface area contributed by atoms with Gasteiger partial charge in [-0.3, -0.25) is 14.4 Å². The highest BCUT2D eigenvalue weighted by Crippen LogP contribution is 2.58. The molecule has 4 aliphatic heterocycles. The molecule has 0 bridgehead atoms. The number of cyclic esters (lactones) is 1. The average Bonchev–Trinajstić information content (AvgIpc) is 3.14. The summed E-state index contributed by atoms with van der Waals surface area (Å²) in [5, 5.41) is 10.3. The van der Waals surface area contributed by atoms with Gasteiger partial charge in [-0.05, 0) is 32.1 Å². The summed E-state index contributed by atoms with van der Waals surface area (Å²) in [7, 11) is 0. The minimum absolute atomic E-state index is 0.0847. The fraction of sp³-hybridized carbons (Fsp3) is 0.741. The van der Waals surface area contributed by atoms with Crippen molar-refractivity contribution in [2.24, 2.45) is 17.8 Å². The van der Waals surface area contributed by atoms with Gasteiger partial charge in [0, 0.05) is 12.6 Å². The predicted octanol–water partition coefficient (Wildman–Crippen LogP) is 2.21.